The number of rotatable bonds is 23. The van der Waals surface area contributed by atoms with Crippen molar-refractivity contribution in [2.24, 2.45) is 7.05 Å². The SMILES string of the molecule is Cc1cc(NS(=O)(=O)c2ccc(CNCCOCCOCCOCCOCC(=O)Nc3cccc4c3CN(C3CCC(=O)NC3=O)C4=O)cc2)c(Nc2ccc(I)cc2F)n(C)c1=O. The summed E-state index contributed by atoms with van der Waals surface area (Å²) >= 11 is 1.98. The molecule has 1 aromatic heterocycles. The monoisotopic (exact) mass is 1020 g/mol. The van der Waals surface area contributed by atoms with Crippen LogP contribution in [0.25, 0.3) is 0 Å². The summed E-state index contributed by atoms with van der Waals surface area (Å²) in [5, 5.41) is 11.2. The second-order valence-corrected chi connectivity index (χ2v) is 17.7. The predicted octanol–water partition coefficient (Wildman–Crippen LogP) is 3.54. The van der Waals surface area contributed by atoms with Gasteiger partial charge in [-0.1, -0.05) is 18.2 Å². The Kier molecular flexibility index (Phi) is 17.0. The van der Waals surface area contributed by atoms with Gasteiger partial charge in [-0.2, -0.15) is 0 Å². The lowest BCUT2D eigenvalue weighted by Crippen LogP contribution is -2.52. The van der Waals surface area contributed by atoms with Gasteiger partial charge in [0.1, 0.15) is 24.3 Å². The van der Waals surface area contributed by atoms with Crippen LogP contribution in [0.5, 0.6) is 0 Å². The van der Waals surface area contributed by atoms with E-state index in [1.807, 2.05) is 22.6 Å². The first-order valence-corrected chi connectivity index (χ1v) is 22.9. The van der Waals surface area contributed by atoms with Gasteiger partial charge in [-0.15, -0.1) is 0 Å². The number of ether oxygens (including phenoxy) is 4. The number of aryl methyl sites for hydroxylation is 1. The number of benzene rings is 3. The minimum absolute atomic E-state index is 0.00780. The van der Waals surface area contributed by atoms with Crippen molar-refractivity contribution in [3.8, 4) is 0 Å². The van der Waals surface area contributed by atoms with Crippen molar-refractivity contribution in [1.82, 2.24) is 20.1 Å². The van der Waals surface area contributed by atoms with Gasteiger partial charge in [0.2, 0.25) is 17.7 Å². The summed E-state index contributed by atoms with van der Waals surface area (Å²) in [7, 11) is -2.61. The first kappa shape index (κ1) is 48.2. The molecule has 2 aliphatic rings. The zero-order chi connectivity index (χ0) is 45.8. The van der Waals surface area contributed by atoms with Crippen LogP contribution < -0.4 is 31.5 Å². The summed E-state index contributed by atoms with van der Waals surface area (Å²) in [5.41, 5.74) is 2.41. The van der Waals surface area contributed by atoms with Gasteiger partial charge >= 0.3 is 0 Å². The highest BCUT2D eigenvalue weighted by molar-refractivity contribution is 14.1. The maximum Gasteiger partial charge on any atom is 0.262 e. The van der Waals surface area contributed by atoms with Crippen LogP contribution in [0, 0.1) is 16.3 Å². The highest BCUT2D eigenvalue weighted by Crippen LogP contribution is 2.33. The van der Waals surface area contributed by atoms with E-state index in [9.17, 15) is 36.8 Å². The molecule has 5 N–H and O–H groups in total. The van der Waals surface area contributed by atoms with Crippen LogP contribution in [0.15, 0.2) is 76.4 Å². The van der Waals surface area contributed by atoms with Crippen molar-refractivity contribution in [3.63, 3.8) is 0 Å². The lowest BCUT2D eigenvalue weighted by molar-refractivity contribution is -0.137. The van der Waals surface area contributed by atoms with Gasteiger partial charge in [0.25, 0.3) is 21.5 Å². The average molecular weight is 1020 g/mol. The Labute approximate surface area is 382 Å². The second-order valence-electron chi connectivity index (χ2n) is 14.8. The standard InChI is InChI=1S/C43H49FIN7O11S/c1-27-22-36(40(51(2)42(27)56)48-35-11-8-29(45)23-33(35)44)50-64(58,59)30-9-6-28(7-10-30)24-46-14-15-60-16-17-61-18-19-62-20-21-63-26-39(54)47-34-5-3-4-31-32(34)25-52(43(31)57)37-12-13-38(53)49-41(37)55/h3-11,22-23,37,46,48,50H,12-21,24-26H2,1-2H3,(H,47,54)(H,49,53,55). The van der Waals surface area contributed by atoms with E-state index in [4.69, 9.17) is 18.9 Å². The lowest BCUT2D eigenvalue weighted by Gasteiger charge is -2.29. The number of pyridine rings is 1. The fourth-order valence-corrected chi connectivity index (χ4v) is 8.43. The van der Waals surface area contributed by atoms with Gasteiger partial charge in [-0.25, -0.2) is 12.8 Å². The van der Waals surface area contributed by atoms with Crippen LogP contribution in [-0.4, -0.2) is 107 Å². The zero-order valence-corrected chi connectivity index (χ0v) is 38.1. The van der Waals surface area contributed by atoms with Gasteiger partial charge in [-0.05, 0) is 90.0 Å². The third kappa shape index (κ3) is 12.7. The van der Waals surface area contributed by atoms with Crippen molar-refractivity contribution in [2.75, 3.05) is 74.8 Å². The van der Waals surface area contributed by atoms with Gasteiger partial charge in [0.15, 0.2) is 0 Å². The third-order valence-electron chi connectivity index (χ3n) is 10.2. The number of halogens is 2. The van der Waals surface area contributed by atoms with Crippen molar-refractivity contribution in [2.45, 2.75) is 43.8 Å². The average Bonchev–Trinajstić information content (AvgIpc) is 3.59. The van der Waals surface area contributed by atoms with Crippen molar-refractivity contribution < 1.29 is 50.9 Å². The first-order chi connectivity index (χ1) is 30.7. The maximum atomic E-state index is 14.7. The fraction of sp³-hybridized carbons (Fsp3) is 0.372. The normalized spacial score (nSPS) is 15.0. The Morgan fingerprint density at radius 2 is 1.56 bits per heavy atom. The van der Waals surface area contributed by atoms with Crippen LogP contribution in [0.3, 0.4) is 0 Å². The Hall–Kier alpha value is -5.30. The van der Waals surface area contributed by atoms with Crippen LogP contribution >= 0.6 is 22.6 Å². The number of nitrogens with one attached hydrogen (secondary N) is 5. The number of carbonyl (C=O) groups is 4. The van der Waals surface area contributed by atoms with Crippen LogP contribution in [0.2, 0.25) is 0 Å². The molecule has 1 saturated heterocycles. The summed E-state index contributed by atoms with van der Waals surface area (Å²) in [4.78, 5) is 63.6. The predicted molar refractivity (Wildman–Crippen MR) is 242 cm³/mol. The molecule has 0 radical (unpaired) electrons. The lowest BCUT2D eigenvalue weighted by atomic mass is 10.0. The van der Waals surface area contributed by atoms with E-state index >= 15 is 0 Å². The highest BCUT2D eigenvalue weighted by Gasteiger charge is 2.40. The quantitative estimate of drug-likeness (QED) is 0.0408. The third-order valence-corrected chi connectivity index (χ3v) is 12.3. The highest BCUT2D eigenvalue weighted by atomic mass is 127. The summed E-state index contributed by atoms with van der Waals surface area (Å²) < 4.78 is 68.0. The van der Waals surface area contributed by atoms with Gasteiger partial charge in [0.05, 0.1) is 62.5 Å². The molecule has 1 unspecified atom stereocenters. The molecule has 0 bridgehead atoms. The first-order valence-electron chi connectivity index (χ1n) is 20.3. The number of imide groups is 1. The Bertz CT molecular complexity index is 2530. The number of sulfonamides is 1. The van der Waals surface area contributed by atoms with Crippen molar-refractivity contribution in [3.05, 3.63) is 109 Å². The van der Waals surface area contributed by atoms with E-state index in [1.165, 1.54) is 46.8 Å². The molecule has 342 valence electrons. The molecule has 3 heterocycles. The molecule has 64 heavy (non-hydrogen) atoms. The molecular weight excluding hydrogens is 968 g/mol. The van der Waals surface area contributed by atoms with Gasteiger partial charge in [0, 0.05) is 59.1 Å². The number of piperidine rings is 1. The summed E-state index contributed by atoms with van der Waals surface area (Å²) in [6, 6.07) is 16.5. The number of hydrogen-bond donors (Lipinski definition) is 5. The van der Waals surface area contributed by atoms with E-state index in [0.717, 1.165) is 5.56 Å². The number of amides is 4. The maximum absolute atomic E-state index is 14.7. The molecule has 0 saturated carbocycles. The zero-order valence-electron chi connectivity index (χ0n) is 35.2. The number of aromatic nitrogens is 1. The number of fused-ring (bicyclic) bond motifs is 1. The molecule has 1 atom stereocenters. The molecule has 6 rings (SSSR count). The summed E-state index contributed by atoms with van der Waals surface area (Å²) in [6.07, 6.45) is 0.396. The number of hydrogen-bond acceptors (Lipinski definition) is 13. The summed E-state index contributed by atoms with van der Waals surface area (Å²) in [6.45, 7) is 4.74. The molecule has 4 aromatic rings. The molecule has 0 aliphatic carbocycles. The largest absolute Gasteiger partial charge is 0.378 e. The molecule has 0 spiro atoms. The minimum Gasteiger partial charge on any atom is -0.378 e. The minimum atomic E-state index is -4.08. The van der Waals surface area contributed by atoms with Gasteiger partial charge in [-0.3, -0.25) is 38.6 Å². The Balaban J connectivity index is 0.799. The molecular formula is C43H49FIN7O11S. The molecule has 4 amide bonds. The molecule has 18 nitrogen and oxygen atoms in total. The van der Waals surface area contributed by atoms with E-state index < -0.39 is 33.7 Å². The second kappa shape index (κ2) is 22.5. The number of carbonyl (C=O) groups excluding carboxylic acids is 4. The van der Waals surface area contributed by atoms with Crippen LogP contribution in [0.1, 0.15) is 39.9 Å². The van der Waals surface area contributed by atoms with Crippen LogP contribution in [-0.2, 0) is 63.5 Å². The van der Waals surface area contributed by atoms with Crippen LogP contribution in [0.4, 0.5) is 27.3 Å². The molecule has 21 heteroatoms. The van der Waals surface area contributed by atoms with E-state index in [0.29, 0.717) is 72.1 Å². The topological polar surface area (TPSA) is 225 Å². The van der Waals surface area contributed by atoms with E-state index in [-0.39, 0.29) is 78.7 Å². The molecule has 3 aromatic carbocycles. The van der Waals surface area contributed by atoms with Gasteiger partial charge < -0.3 is 39.8 Å². The molecule has 1 fully saturated rings. The Morgan fingerprint density at radius 3 is 2.25 bits per heavy atom. The van der Waals surface area contributed by atoms with Crippen molar-refractivity contribution in [1.29, 1.82) is 0 Å². The van der Waals surface area contributed by atoms with Crippen molar-refractivity contribution >= 4 is 79.1 Å². The molecule has 2 aliphatic heterocycles. The number of nitrogens with zero attached hydrogens (tertiary/aromatic N) is 2. The van der Waals surface area contributed by atoms with E-state index in [1.54, 1.807) is 43.3 Å². The number of anilines is 4. The van der Waals surface area contributed by atoms with E-state index in [2.05, 4.69) is 26.0 Å². The fourth-order valence-electron chi connectivity index (χ4n) is 6.92. The smallest absolute Gasteiger partial charge is 0.262 e. The Morgan fingerprint density at radius 1 is 0.875 bits per heavy atom. The summed E-state index contributed by atoms with van der Waals surface area (Å²) in [5.74, 6) is -2.07.